The van der Waals surface area contributed by atoms with E-state index < -0.39 is 0 Å². The molecule has 0 unspecified atom stereocenters. The number of carbonyl (C=O) groups is 1. The minimum Gasteiger partial charge on any atom is -0.492 e. The summed E-state index contributed by atoms with van der Waals surface area (Å²) in [6.07, 6.45) is 1.52. The highest BCUT2D eigenvalue weighted by molar-refractivity contribution is 7.22. The van der Waals surface area contributed by atoms with Gasteiger partial charge in [-0.05, 0) is 45.0 Å². The number of ether oxygens (including phenoxy) is 1. The summed E-state index contributed by atoms with van der Waals surface area (Å²) in [6, 6.07) is 9.29. The van der Waals surface area contributed by atoms with Crippen molar-refractivity contribution in [2.45, 2.75) is 20.8 Å². The molecular weight excluding hydrogens is 362 g/mol. The fraction of sp³-hybridized carbons (Fsp3) is 0.400. The van der Waals surface area contributed by atoms with Gasteiger partial charge in [0.15, 0.2) is 10.9 Å². The molecule has 0 saturated heterocycles. The zero-order chi connectivity index (χ0) is 19.2. The van der Waals surface area contributed by atoms with Gasteiger partial charge in [-0.2, -0.15) is 0 Å². The molecule has 0 aliphatic heterocycles. The largest absolute Gasteiger partial charge is 0.492 e. The van der Waals surface area contributed by atoms with Gasteiger partial charge in [-0.1, -0.05) is 17.4 Å². The molecule has 0 saturated carbocycles. The molecule has 0 aliphatic rings. The lowest BCUT2D eigenvalue weighted by Crippen LogP contribution is -3.12. The number of hydrogen-bond acceptors (Lipinski definition) is 5. The predicted molar refractivity (Wildman–Crippen MR) is 108 cm³/mol. The van der Waals surface area contributed by atoms with Gasteiger partial charge >= 0.3 is 0 Å². The highest BCUT2D eigenvalue weighted by Crippen LogP contribution is 2.34. The molecule has 2 aromatic heterocycles. The maximum Gasteiger partial charge on any atom is 0.295 e. The second-order valence-electron chi connectivity index (χ2n) is 6.17. The van der Waals surface area contributed by atoms with Crippen molar-refractivity contribution in [1.29, 1.82) is 0 Å². The molecule has 1 amide bonds. The number of aromatic nitrogens is 1. The van der Waals surface area contributed by atoms with Crippen LogP contribution in [-0.4, -0.2) is 43.7 Å². The molecule has 0 bridgehead atoms. The number of rotatable bonds is 9. The fourth-order valence-corrected chi connectivity index (χ4v) is 4.00. The molecule has 0 radical (unpaired) electrons. The van der Waals surface area contributed by atoms with Crippen molar-refractivity contribution in [3.8, 4) is 5.75 Å². The number of carbonyl (C=O) groups excluding carboxylic acids is 1. The third-order valence-corrected chi connectivity index (χ3v) is 5.61. The zero-order valence-electron chi connectivity index (χ0n) is 16.0. The van der Waals surface area contributed by atoms with Crippen LogP contribution in [-0.2, 0) is 0 Å². The summed E-state index contributed by atoms with van der Waals surface area (Å²) in [5.41, 5.74) is 0.798. The van der Waals surface area contributed by atoms with Gasteiger partial charge in [0.2, 0.25) is 0 Å². The number of benzene rings is 1. The first-order valence-corrected chi connectivity index (χ1v) is 10.2. The van der Waals surface area contributed by atoms with Crippen LogP contribution in [0.15, 0.2) is 41.0 Å². The van der Waals surface area contributed by atoms with Gasteiger partial charge in [-0.15, -0.1) is 0 Å². The number of anilines is 1. The molecule has 1 aromatic carbocycles. The highest BCUT2D eigenvalue weighted by atomic mass is 32.1. The van der Waals surface area contributed by atoms with Crippen molar-refractivity contribution in [1.82, 2.24) is 4.98 Å². The lowest BCUT2D eigenvalue weighted by molar-refractivity contribution is -0.894. The lowest BCUT2D eigenvalue weighted by atomic mass is 10.3. The van der Waals surface area contributed by atoms with Gasteiger partial charge in [-0.3, -0.25) is 9.69 Å². The van der Waals surface area contributed by atoms with Crippen molar-refractivity contribution in [3.05, 3.63) is 42.4 Å². The fourth-order valence-electron chi connectivity index (χ4n) is 2.99. The van der Waals surface area contributed by atoms with E-state index in [2.05, 4.69) is 13.8 Å². The van der Waals surface area contributed by atoms with Gasteiger partial charge in [0.1, 0.15) is 11.3 Å². The first-order chi connectivity index (χ1) is 13.2. The molecule has 7 heteroatoms. The number of likely N-dealkylation sites (N-methyl/N-ethyl adjacent to an activating group) is 1. The third kappa shape index (κ3) is 4.31. The summed E-state index contributed by atoms with van der Waals surface area (Å²) in [6.45, 7) is 10.3. The lowest BCUT2D eigenvalue weighted by Gasteiger charge is -2.22. The van der Waals surface area contributed by atoms with Crippen molar-refractivity contribution in [2.24, 2.45) is 0 Å². The average molecular weight is 389 g/mol. The zero-order valence-corrected chi connectivity index (χ0v) is 16.8. The van der Waals surface area contributed by atoms with Crippen molar-refractivity contribution in [3.63, 3.8) is 0 Å². The second kappa shape index (κ2) is 9.01. The SMILES string of the molecule is CCOc1cccc2sc(N(CC[NH+](CC)CC)C(=O)c3ccco3)nc12. The Hall–Kier alpha value is -2.38. The number of quaternary nitrogens is 1. The van der Waals surface area contributed by atoms with Crippen molar-refractivity contribution >= 4 is 32.6 Å². The molecule has 3 aromatic rings. The van der Waals surface area contributed by atoms with Gasteiger partial charge in [-0.25, -0.2) is 4.98 Å². The molecule has 2 heterocycles. The first kappa shape index (κ1) is 19.4. The van der Waals surface area contributed by atoms with E-state index in [1.54, 1.807) is 17.0 Å². The molecule has 27 heavy (non-hydrogen) atoms. The number of fused-ring (bicyclic) bond motifs is 1. The number of thiazole rings is 1. The molecule has 0 spiro atoms. The second-order valence-corrected chi connectivity index (χ2v) is 7.18. The Morgan fingerprint density at radius 2 is 2.04 bits per heavy atom. The molecule has 0 aliphatic carbocycles. The molecular formula is C20H26N3O3S+. The maximum absolute atomic E-state index is 13.0. The number of amides is 1. The van der Waals surface area contributed by atoms with Crippen molar-refractivity contribution < 1.29 is 18.8 Å². The number of para-hydroxylation sites is 1. The first-order valence-electron chi connectivity index (χ1n) is 9.39. The van der Waals surface area contributed by atoms with Gasteiger partial charge in [0.25, 0.3) is 5.91 Å². The summed E-state index contributed by atoms with van der Waals surface area (Å²) < 4.78 is 12.0. The molecule has 3 rings (SSSR count). The van der Waals surface area contributed by atoms with Crippen LogP contribution in [0.3, 0.4) is 0 Å². The van der Waals surface area contributed by atoms with E-state index in [9.17, 15) is 4.79 Å². The summed E-state index contributed by atoms with van der Waals surface area (Å²) in [5.74, 6) is 0.912. The summed E-state index contributed by atoms with van der Waals surface area (Å²) in [5, 5.41) is 0.671. The van der Waals surface area contributed by atoms with Crippen LogP contribution in [0.5, 0.6) is 5.75 Å². The minimum absolute atomic E-state index is 0.163. The van der Waals surface area contributed by atoms with E-state index >= 15 is 0 Å². The van der Waals surface area contributed by atoms with Crippen LogP contribution in [0.1, 0.15) is 31.3 Å². The van der Waals surface area contributed by atoms with Crippen LogP contribution in [0, 0.1) is 0 Å². The molecule has 0 fully saturated rings. The van der Waals surface area contributed by atoms with Gasteiger partial charge in [0, 0.05) is 0 Å². The molecule has 1 N–H and O–H groups in total. The smallest absolute Gasteiger partial charge is 0.295 e. The van der Waals surface area contributed by atoms with Crippen LogP contribution < -0.4 is 14.5 Å². The van der Waals surface area contributed by atoms with E-state index in [1.165, 1.54) is 22.5 Å². The summed E-state index contributed by atoms with van der Waals surface area (Å²) in [7, 11) is 0. The Labute approximate surface area is 163 Å². The monoisotopic (exact) mass is 388 g/mol. The maximum atomic E-state index is 13.0. The van der Waals surface area contributed by atoms with Gasteiger partial charge < -0.3 is 14.1 Å². The third-order valence-electron chi connectivity index (χ3n) is 4.57. The van der Waals surface area contributed by atoms with E-state index in [4.69, 9.17) is 14.1 Å². The minimum atomic E-state index is -0.163. The van der Waals surface area contributed by atoms with E-state index in [0.29, 0.717) is 24.0 Å². The highest BCUT2D eigenvalue weighted by Gasteiger charge is 2.25. The van der Waals surface area contributed by atoms with Crippen LogP contribution >= 0.6 is 11.3 Å². The Morgan fingerprint density at radius 3 is 2.70 bits per heavy atom. The Balaban J connectivity index is 1.95. The van der Waals surface area contributed by atoms with E-state index in [-0.39, 0.29) is 5.91 Å². The molecule has 144 valence electrons. The Kier molecular flexibility index (Phi) is 6.47. The predicted octanol–water partition coefficient (Wildman–Crippen LogP) is 2.86. The van der Waals surface area contributed by atoms with E-state index in [0.717, 1.165) is 35.6 Å². The number of nitrogens with one attached hydrogen (secondary N) is 1. The molecule has 6 nitrogen and oxygen atoms in total. The topological polar surface area (TPSA) is 60.0 Å². The quantitative estimate of drug-likeness (QED) is 0.612. The molecule has 0 atom stereocenters. The number of furan rings is 1. The van der Waals surface area contributed by atoms with Crippen molar-refractivity contribution in [2.75, 3.05) is 37.7 Å². The normalized spacial score (nSPS) is 11.3. The van der Waals surface area contributed by atoms with Crippen LogP contribution in [0.25, 0.3) is 10.2 Å². The number of hydrogen-bond donors (Lipinski definition) is 1. The van der Waals surface area contributed by atoms with E-state index in [1.807, 2.05) is 25.1 Å². The van der Waals surface area contributed by atoms with Gasteiger partial charge in [0.05, 0.1) is 43.7 Å². The number of nitrogens with zero attached hydrogens (tertiary/aromatic N) is 2. The van der Waals surface area contributed by atoms with Crippen LogP contribution in [0.4, 0.5) is 5.13 Å². The summed E-state index contributed by atoms with van der Waals surface area (Å²) >= 11 is 1.50. The average Bonchev–Trinajstić information content (AvgIpc) is 3.35. The van der Waals surface area contributed by atoms with Crippen LogP contribution in [0.2, 0.25) is 0 Å². The Bertz CT molecular complexity index is 872. The Morgan fingerprint density at radius 1 is 1.22 bits per heavy atom. The summed E-state index contributed by atoms with van der Waals surface area (Å²) in [4.78, 5) is 20.9. The standard InChI is InChI=1S/C20H25N3O3S/c1-4-22(5-2)12-13-23(19(24)16-10-8-14-26-16)20-21-18-15(25-6-3)9-7-11-17(18)27-20/h7-11,14H,4-6,12-13H2,1-3H3/p+1.